The number of nitrogens with zero attached hydrogens (tertiary/aromatic N) is 4. The van der Waals surface area contributed by atoms with Gasteiger partial charge in [-0.3, -0.25) is 9.48 Å². The molecule has 108 valence electrons. The van der Waals surface area contributed by atoms with Crippen LogP contribution in [-0.4, -0.2) is 39.0 Å². The molecular weight excluding hydrogens is 276 g/mol. The first-order chi connectivity index (χ1) is 9.79. The van der Waals surface area contributed by atoms with Crippen molar-refractivity contribution in [3.63, 3.8) is 0 Å². The number of hydrogen-bond donors (Lipinski definition) is 2. The zero-order valence-electron chi connectivity index (χ0n) is 11.4. The molecule has 2 rings (SSSR count). The second kappa shape index (κ2) is 7.59. The van der Waals surface area contributed by atoms with Crippen molar-refractivity contribution in [2.24, 2.45) is 0 Å². The Labute approximate surface area is 121 Å². The van der Waals surface area contributed by atoms with E-state index in [1.54, 1.807) is 6.20 Å². The van der Waals surface area contributed by atoms with Gasteiger partial charge in [-0.25, -0.2) is 0 Å². The van der Waals surface area contributed by atoms with Gasteiger partial charge in [0.1, 0.15) is 0 Å². The van der Waals surface area contributed by atoms with E-state index in [1.165, 1.54) is 11.3 Å². The molecule has 0 aliphatic rings. The molecule has 0 spiro atoms. The monoisotopic (exact) mass is 294 g/mol. The predicted octanol–water partition coefficient (Wildman–Crippen LogP) is 1.38. The quantitative estimate of drug-likeness (QED) is 0.718. The summed E-state index contributed by atoms with van der Waals surface area (Å²) in [4.78, 5) is 11.8. The molecule has 0 saturated carbocycles. The van der Waals surface area contributed by atoms with Gasteiger partial charge in [-0.05, 0) is 18.9 Å². The SMILES string of the molecule is CCCNc1nnc(C(=O)NCCCn2cccn2)s1. The average molecular weight is 294 g/mol. The molecule has 0 aromatic carbocycles. The number of rotatable bonds is 8. The zero-order valence-corrected chi connectivity index (χ0v) is 12.2. The molecule has 0 aliphatic heterocycles. The highest BCUT2D eigenvalue weighted by atomic mass is 32.1. The van der Waals surface area contributed by atoms with Crippen LogP contribution >= 0.6 is 11.3 Å². The molecule has 1 amide bonds. The van der Waals surface area contributed by atoms with Crippen LogP contribution in [0.5, 0.6) is 0 Å². The molecule has 0 aliphatic carbocycles. The molecular formula is C12H18N6OS. The van der Waals surface area contributed by atoms with Gasteiger partial charge in [0, 0.05) is 32.0 Å². The molecule has 20 heavy (non-hydrogen) atoms. The fourth-order valence-electron chi connectivity index (χ4n) is 1.57. The van der Waals surface area contributed by atoms with Crippen molar-refractivity contribution in [1.82, 2.24) is 25.3 Å². The minimum Gasteiger partial charge on any atom is -0.360 e. The third-order valence-electron chi connectivity index (χ3n) is 2.55. The highest BCUT2D eigenvalue weighted by Gasteiger charge is 2.11. The molecule has 2 aromatic heterocycles. The summed E-state index contributed by atoms with van der Waals surface area (Å²) in [5, 5.41) is 18.9. The minimum atomic E-state index is -0.174. The number of hydrogen-bond acceptors (Lipinski definition) is 6. The van der Waals surface area contributed by atoms with Crippen LogP contribution in [0.25, 0.3) is 0 Å². The van der Waals surface area contributed by atoms with E-state index < -0.39 is 0 Å². The molecule has 0 bridgehead atoms. The molecule has 2 heterocycles. The summed E-state index contributed by atoms with van der Waals surface area (Å²) in [6.45, 7) is 4.28. The lowest BCUT2D eigenvalue weighted by Gasteiger charge is -2.03. The van der Waals surface area contributed by atoms with Crippen molar-refractivity contribution in [2.75, 3.05) is 18.4 Å². The molecule has 0 saturated heterocycles. The van der Waals surface area contributed by atoms with Gasteiger partial charge in [-0.15, -0.1) is 10.2 Å². The van der Waals surface area contributed by atoms with Gasteiger partial charge in [-0.1, -0.05) is 18.3 Å². The van der Waals surface area contributed by atoms with Crippen molar-refractivity contribution < 1.29 is 4.79 Å². The standard InChI is InChI=1S/C12H18N6OS/c1-2-5-14-12-17-16-11(20-12)10(19)13-6-3-8-18-9-4-7-15-18/h4,7,9H,2-3,5-6,8H2,1H3,(H,13,19)(H,14,17). The molecule has 7 nitrogen and oxygen atoms in total. The highest BCUT2D eigenvalue weighted by molar-refractivity contribution is 7.17. The topological polar surface area (TPSA) is 84.7 Å². The second-order valence-corrected chi connectivity index (χ2v) is 5.20. The number of nitrogens with one attached hydrogen (secondary N) is 2. The van der Waals surface area contributed by atoms with Crippen LogP contribution in [0.1, 0.15) is 29.6 Å². The molecule has 2 N–H and O–H groups in total. The maximum atomic E-state index is 11.8. The third kappa shape index (κ3) is 4.30. The molecule has 2 aromatic rings. The summed E-state index contributed by atoms with van der Waals surface area (Å²) < 4.78 is 1.84. The number of anilines is 1. The molecule has 8 heteroatoms. The van der Waals surface area contributed by atoms with Crippen LogP contribution in [0.15, 0.2) is 18.5 Å². The normalized spacial score (nSPS) is 10.4. The number of aryl methyl sites for hydroxylation is 1. The minimum absolute atomic E-state index is 0.174. The van der Waals surface area contributed by atoms with Crippen molar-refractivity contribution in [1.29, 1.82) is 0 Å². The van der Waals surface area contributed by atoms with E-state index >= 15 is 0 Å². The highest BCUT2D eigenvalue weighted by Crippen LogP contribution is 2.14. The fraction of sp³-hybridized carbons (Fsp3) is 0.500. The lowest BCUT2D eigenvalue weighted by Crippen LogP contribution is -2.25. The van der Waals surface area contributed by atoms with E-state index in [-0.39, 0.29) is 5.91 Å². The first-order valence-corrected chi connectivity index (χ1v) is 7.44. The summed E-state index contributed by atoms with van der Waals surface area (Å²) >= 11 is 1.27. The Morgan fingerprint density at radius 3 is 3.05 bits per heavy atom. The van der Waals surface area contributed by atoms with Gasteiger partial charge < -0.3 is 10.6 Å². The summed E-state index contributed by atoms with van der Waals surface area (Å²) in [6, 6.07) is 1.88. The van der Waals surface area contributed by atoms with Crippen molar-refractivity contribution >= 4 is 22.4 Å². The van der Waals surface area contributed by atoms with Crippen molar-refractivity contribution in [3.8, 4) is 0 Å². The summed E-state index contributed by atoms with van der Waals surface area (Å²) in [5.41, 5.74) is 0. The van der Waals surface area contributed by atoms with E-state index in [4.69, 9.17) is 0 Å². The summed E-state index contributed by atoms with van der Waals surface area (Å²) in [5.74, 6) is -0.174. The number of carbonyl (C=O) groups excluding carboxylic acids is 1. The van der Waals surface area contributed by atoms with E-state index in [0.717, 1.165) is 25.9 Å². The second-order valence-electron chi connectivity index (χ2n) is 4.22. The Bertz CT molecular complexity index is 524. The average Bonchev–Trinajstić information content (AvgIpc) is 3.12. The summed E-state index contributed by atoms with van der Waals surface area (Å²) in [7, 11) is 0. The molecule has 0 unspecified atom stereocenters. The Hall–Kier alpha value is -1.96. The van der Waals surface area contributed by atoms with E-state index in [9.17, 15) is 4.79 Å². The van der Waals surface area contributed by atoms with Crippen molar-refractivity contribution in [3.05, 3.63) is 23.5 Å². The van der Waals surface area contributed by atoms with Gasteiger partial charge in [0.2, 0.25) is 10.1 Å². The summed E-state index contributed by atoms with van der Waals surface area (Å²) in [6.07, 6.45) is 5.48. The Morgan fingerprint density at radius 2 is 2.30 bits per heavy atom. The zero-order chi connectivity index (χ0) is 14.2. The Morgan fingerprint density at radius 1 is 1.40 bits per heavy atom. The lowest BCUT2D eigenvalue weighted by molar-refractivity contribution is 0.0951. The number of aromatic nitrogens is 4. The number of carbonyl (C=O) groups is 1. The maximum absolute atomic E-state index is 11.8. The molecule has 0 fully saturated rings. The van der Waals surface area contributed by atoms with Crippen LogP contribution in [0, 0.1) is 0 Å². The lowest BCUT2D eigenvalue weighted by atomic mass is 10.4. The fourth-order valence-corrected chi connectivity index (χ4v) is 2.26. The first-order valence-electron chi connectivity index (χ1n) is 6.62. The van der Waals surface area contributed by atoms with Crippen molar-refractivity contribution in [2.45, 2.75) is 26.3 Å². The Kier molecular flexibility index (Phi) is 5.48. The maximum Gasteiger partial charge on any atom is 0.282 e. The van der Waals surface area contributed by atoms with Crippen LogP contribution in [-0.2, 0) is 6.54 Å². The van der Waals surface area contributed by atoms with Crippen LogP contribution in [0.4, 0.5) is 5.13 Å². The van der Waals surface area contributed by atoms with Crippen LogP contribution in [0.3, 0.4) is 0 Å². The molecule has 0 radical (unpaired) electrons. The first kappa shape index (κ1) is 14.4. The van der Waals surface area contributed by atoms with Gasteiger partial charge >= 0.3 is 0 Å². The van der Waals surface area contributed by atoms with E-state index in [0.29, 0.717) is 16.7 Å². The smallest absolute Gasteiger partial charge is 0.282 e. The third-order valence-corrected chi connectivity index (χ3v) is 3.43. The van der Waals surface area contributed by atoms with Crippen LogP contribution in [0.2, 0.25) is 0 Å². The van der Waals surface area contributed by atoms with Gasteiger partial charge in [0.05, 0.1) is 0 Å². The van der Waals surface area contributed by atoms with Gasteiger partial charge in [-0.2, -0.15) is 5.10 Å². The van der Waals surface area contributed by atoms with Gasteiger partial charge in [0.15, 0.2) is 0 Å². The van der Waals surface area contributed by atoms with E-state index in [1.807, 2.05) is 16.9 Å². The number of amides is 1. The predicted molar refractivity (Wildman–Crippen MR) is 77.9 cm³/mol. The molecule has 0 atom stereocenters. The van der Waals surface area contributed by atoms with E-state index in [2.05, 4.69) is 32.9 Å². The largest absolute Gasteiger partial charge is 0.360 e. The Balaban J connectivity index is 1.70. The van der Waals surface area contributed by atoms with Gasteiger partial charge in [0.25, 0.3) is 5.91 Å². The van der Waals surface area contributed by atoms with Crippen LogP contribution < -0.4 is 10.6 Å².